The molecule has 0 saturated carbocycles. The molecule has 0 amide bonds. The van der Waals surface area contributed by atoms with Gasteiger partial charge in [0, 0.05) is 12.6 Å². The van der Waals surface area contributed by atoms with Gasteiger partial charge < -0.3 is 14.6 Å². The molecule has 1 aromatic heterocycles. The Kier molecular flexibility index (Phi) is 5.47. The number of nitrogens with zero attached hydrogens (tertiary/aromatic N) is 2. The van der Waals surface area contributed by atoms with Crippen molar-refractivity contribution in [1.29, 1.82) is 0 Å². The second-order valence-corrected chi connectivity index (χ2v) is 5.10. The van der Waals surface area contributed by atoms with Gasteiger partial charge in [-0.2, -0.15) is 4.98 Å². The highest BCUT2D eigenvalue weighted by Crippen LogP contribution is 2.25. The van der Waals surface area contributed by atoms with Crippen LogP contribution in [0, 0.1) is 0 Å². The maximum absolute atomic E-state index is 5.79. The predicted octanol–water partition coefficient (Wildman–Crippen LogP) is 2.91. The third-order valence-corrected chi connectivity index (χ3v) is 3.72. The van der Waals surface area contributed by atoms with E-state index in [2.05, 4.69) is 29.3 Å². The van der Waals surface area contributed by atoms with Gasteiger partial charge in [-0.1, -0.05) is 42.4 Å². The molecule has 1 heterocycles. The van der Waals surface area contributed by atoms with E-state index < -0.39 is 0 Å². The van der Waals surface area contributed by atoms with Crippen LogP contribution in [-0.4, -0.2) is 29.8 Å². The van der Waals surface area contributed by atoms with Gasteiger partial charge in [-0.15, -0.1) is 0 Å². The lowest BCUT2D eigenvalue weighted by Crippen LogP contribution is -2.27. The second-order valence-electron chi connectivity index (χ2n) is 5.10. The monoisotopic (exact) mass is 289 g/mol. The minimum atomic E-state index is -0.286. The van der Waals surface area contributed by atoms with Gasteiger partial charge in [0.1, 0.15) is 6.10 Å². The molecular weight excluding hydrogens is 266 g/mol. The van der Waals surface area contributed by atoms with Crippen molar-refractivity contribution in [3.8, 4) is 0 Å². The van der Waals surface area contributed by atoms with E-state index >= 15 is 0 Å². The number of benzene rings is 1. The molecule has 0 aliphatic carbocycles. The Labute approximate surface area is 125 Å². The van der Waals surface area contributed by atoms with Gasteiger partial charge in [-0.25, -0.2) is 0 Å². The Bertz CT molecular complexity index is 541. The second kappa shape index (κ2) is 7.33. The molecule has 0 saturated heterocycles. The fraction of sp³-hybridized carbons (Fsp3) is 0.500. The summed E-state index contributed by atoms with van der Waals surface area (Å²) < 4.78 is 11.2. The highest BCUT2D eigenvalue weighted by molar-refractivity contribution is 5.22. The molecule has 2 rings (SSSR count). The van der Waals surface area contributed by atoms with Gasteiger partial charge in [0.2, 0.25) is 11.7 Å². The van der Waals surface area contributed by atoms with E-state index in [9.17, 15) is 0 Å². The van der Waals surface area contributed by atoms with Crippen LogP contribution in [0.15, 0.2) is 34.9 Å². The Morgan fingerprint density at radius 1 is 1.24 bits per heavy atom. The lowest BCUT2D eigenvalue weighted by atomic mass is 10.0. The normalized spacial score (nSPS) is 15.6. The Hall–Kier alpha value is -1.72. The van der Waals surface area contributed by atoms with Crippen LogP contribution in [0.5, 0.6) is 0 Å². The first-order valence-electron chi connectivity index (χ1n) is 7.34. The van der Waals surface area contributed by atoms with E-state index in [1.54, 1.807) is 0 Å². The summed E-state index contributed by atoms with van der Waals surface area (Å²) in [7, 11) is 1.92. The molecule has 2 aromatic rings. The molecule has 0 bridgehead atoms. The van der Waals surface area contributed by atoms with Crippen LogP contribution in [0.3, 0.4) is 0 Å². The smallest absolute Gasteiger partial charge is 0.231 e. The number of hydrogen-bond donors (Lipinski definition) is 1. The topological polar surface area (TPSA) is 60.2 Å². The van der Waals surface area contributed by atoms with E-state index in [4.69, 9.17) is 9.26 Å². The molecule has 21 heavy (non-hydrogen) atoms. The van der Waals surface area contributed by atoms with E-state index in [0.29, 0.717) is 18.3 Å². The predicted molar refractivity (Wildman–Crippen MR) is 81.1 cm³/mol. The van der Waals surface area contributed by atoms with Crippen molar-refractivity contribution in [1.82, 2.24) is 15.5 Å². The molecule has 0 fully saturated rings. The summed E-state index contributed by atoms with van der Waals surface area (Å²) in [6.45, 7) is 6.71. The standard InChI is InChI=1S/C16H23N3O2/c1-5-20-14(13-9-7-6-8-10-13)15-18-16(21-19-15)11(2)12(3)17-4/h6-12,14,17H,5H2,1-4H3. The fourth-order valence-electron chi connectivity index (χ4n) is 2.12. The Morgan fingerprint density at radius 3 is 2.57 bits per heavy atom. The van der Waals surface area contributed by atoms with Crippen molar-refractivity contribution in [2.24, 2.45) is 0 Å². The van der Waals surface area contributed by atoms with Gasteiger partial charge >= 0.3 is 0 Å². The summed E-state index contributed by atoms with van der Waals surface area (Å²) in [5.74, 6) is 1.36. The zero-order valence-corrected chi connectivity index (χ0v) is 13.0. The van der Waals surface area contributed by atoms with Gasteiger partial charge in [-0.05, 0) is 26.5 Å². The van der Waals surface area contributed by atoms with E-state index in [-0.39, 0.29) is 18.1 Å². The lowest BCUT2D eigenvalue weighted by Gasteiger charge is -2.15. The summed E-state index contributed by atoms with van der Waals surface area (Å²) in [4.78, 5) is 4.53. The van der Waals surface area contributed by atoms with Crippen LogP contribution < -0.4 is 5.32 Å². The van der Waals surface area contributed by atoms with Crippen molar-refractivity contribution in [3.63, 3.8) is 0 Å². The third-order valence-electron chi connectivity index (χ3n) is 3.72. The van der Waals surface area contributed by atoms with Crippen LogP contribution in [0.25, 0.3) is 0 Å². The number of hydrogen-bond acceptors (Lipinski definition) is 5. The summed E-state index contributed by atoms with van der Waals surface area (Å²) in [6.07, 6.45) is -0.286. The molecule has 3 atom stereocenters. The van der Waals surface area contributed by atoms with Crippen molar-refractivity contribution in [2.45, 2.75) is 38.8 Å². The highest BCUT2D eigenvalue weighted by Gasteiger charge is 2.24. The molecular formula is C16H23N3O2. The van der Waals surface area contributed by atoms with Gasteiger partial charge in [0.05, 0.1) is 5.92 Å². The van der Waals surface area contributed by atoms with Crippen LogP contribution >= 0.6 is 0 Å². The van der Waals surface area contributed by atoms with Crippen LogP contribution in [-0.2, 0) is 4.74 Å². The third kappa shape index (κ3) is 3.68. The molecule has 3 unspecified atom stereocenters. The molecule has 0 spiro atoms. The average Bonchev–Trinajstić information content (AvgIpc) is 3.01. The zero-order valence-electron chi connectivity index (χ0n) is 13.0. The molecule has 0 radical (unpaired) electrons. The quantitative estimate of drug-likeness (QED) is 0.849. The SMILES string of the molecule is CCOC(c1ccccc1)c1noc(C(C)C(C)NC)n1. The largest absolute Gasteiger partial charge is 0.366 e. The van der Waals surface area contributed by atoms with E-state index in [1.165, 1.54) is 0 Å². The molecule has 1 aromatic carbocycles. The molecule has 5 heteroatoms. The van der Waals surface area contributed by atoms with E-state index in [1.807, 2.05) is 44.3 Å². The first-order valence-corrected chi connectivity index (χ1v) is 7.34. The average molecular weight is 289 g/mol. The van der Waals surface area contributed by atoms with Crippen molar-refractivity contribution in [3.05, 3.63) is 47.6 Å². The first kappa shape index (κ1) is 15.7. The summed E-state index contributed by atoms with van der Waals surface area (Å²) >= 11 is 0. The molecule has 0 aliphatic heterocycles. The summed E-state index contributed by atoms with van der Waals surface area (Å²) in [5.41, 5.74) is 1.03. The first-order chi connectivity index (χ1) is 10.2. The maximum atomic E-state index is 5.79. The van der Waals surface area contributed by atoms with Crippen molar-refractivity contribution in [2.75, 3.05) is 13.7 Å². The Morgan fingerprint density at radius 2 is 1.95 bits per heavy atom. The van der Waals surface area contributed by atoms with Crippen molar-refractivity contribution >= 4 is 0 Å². The van der Waals surface area contributed by atoms with Gasteiger partial charge in [0.25, 0.3) is 0 Å². The minimum absolute atomic E-state index is 0.147. The number of ether oxygens (including phenoxy) is 1. The van der Waals surface area contributed by atoms with Crippen molar-refractivity contribution < 1.29 is 9.26 Å². The summed E-state index contributed by atoms with van der Waals surface area (Å²) in [5, 5.41) is 7.31. The molecule has 1 N–H and O–H groups in total. The Balaban J connectivity index is 2.24. The van der Waals surface area contributed by atoms with Gasteiger partial charge in [-0.3, -0.25) is 0 Å². The number of nitrogens with one attached hydrogen (secondary N) is 1. The maximum Gasteiger partial charge on any atom is 0.231 e. The fourth-order valence-corrected chi connectivity index (χ4v) is 2.12. The number of aromatic nitrogens is 2. The summed E-state index contributed by atoms with van der Waals surface area (Å²) in [6, 6.07) is 10.2. The van der Waals surface area contributed by atoms with Gasteiger partial charge in [0.15, 0.2) is 0 Å². The molecule has 5 nitrogen and oxygen atoms in total. The highest BCUT2D eigenvalue weighted by atomic mass is 16.5. The zero-order chi connectivity index (χ0) is 15.2. The van der Waals surface area contributed by atoms with Crippen LogP contribution in [0.2, 0.25) is 0 Å². The molecule has 0 aliphatic rings. The van der Waals surface area contributed by atoms with Crippen LogP contribution in [0.1, 0.15) is 50.1 Å². The molecule has 114 valence electrons. The minimum Gasteiger partial charge on any atom is -0.366 e. The van der Waals surface area contributed by atoms with E-state index in [0.717, 1.165) is 5.56 Å². The number of likely N-dealkylation sites (N-methyl/N-ethyl adjacent to an activating group) is 1. The van der Waals surface area contributed by atoms with Crippen LogP contribution in [0.4, 0.5) is 0 Å². The number of rotatable bonds is 7. The lowest BCUT2D eigenvalue weighted by molar-refractivity contribution is 0.0833.